The van der Waals surface area contributed by atoms with Gasteiger partial charge in [-0.25, -0.2) is 4.79 Å². The minimum atomic E-state index is -1.02. The first kappa shape index (κ1) is 15.7. The van der Waals surface area contributed by atoms with Gasteiger partial charge in [-0.2, -0.15) is 0 Å². The summed E-state index contributed by atoms with van der Waals surface area (Å²) in [5, 5.41) is 2.83. The zero-order valence-electron chi connectivity index (χ0n) is 13.0. The molecule has 2 aromatic carbocycles. The summed E-state index contributed by atoms with van der Waals surface area (Å²) in [7, 11) is 0. The average Bonchev–Trinajstić information content (AvgIpc) is 2.74. The average molecular weight is 373 g/mol. The number of hydrogen-bond donors (Lipinski definition) is 1. The molecule has 118 valence electrons. The van der Waals surface area contributed by atoms with Gasteiger partial charge in [0.05, 0.1) is 6.54 Å². The molecule has 5 heteroatoms. The van der Waals surface area contributed by atoms with Gasteiger partial charge < -0.3 is 5.32 Å². The van der Waals surface area contributed by atoms with E-state index >= 15 is 0 Å². The molecule has 0 aromatic heterocycles. The largest absolute Gasteiger partial charge is 0.325 e. The van der Waals surface area contributed by atoms with Crippen LogP contribution in [-0.4, -0.2) is 16.8 Å². The van der Waals surface area contributed by atoms with E-state index in [1.54, 1.807) is 6.92 Å². The van der Waals surface area contributed by atoms with Gasteiger partial charge in [-0.3, -0.25) is 9.69 Å². The lowest BCUT2D eigenvalue weighted by Gasteiger charge is -2.22. The number of urea groups is 1. The number of carbonyl (C=O) groups excluding carboxylic acids is 2. The second kappa shape index (κ2) is 5.81. The fourth-order valence-electron chi connectivity index (χ4n) is 2.72. The van der Waals surface area contributed by atoms with Gasteiger partial charge in [0.1, 0.15) is 5.54 Å². The van der Waals surface area contributed by atoms with Crippen LogP contribution < -0.4 is 5.32 Å². The molecular formula is C18H17BrN2O2. The van der Waals surface area contributed by atoms with E-state index in [1.807, 2.05) is 55.5 Å². The van der Waals surface area contributed by atoms with Crippen LogP contribution >= 0.6 is 15.9 Å². The number of imide groups is 1. The Morgan fingerprint density at radius 3 is 2.39 bits per heavy atom. The van der Waals surface area contributed by atoms with E-state index in [0.717, 1.165) is 21.2 Å². The predicted octanol–water partition coefficient (Wildman–Crippen LogP) is 3.72. The van der Waals surface area contributed by atoms with Crippen LogP contribution in [0.1, 0.15) is 23.6 Å². The Hall–Kier alpha value is -2.14. The molecule has 1 saturated heterocycles. The number of halogens is 1. The van der Waals surface area contributed by atoms with E-state index in [2.05, 4.69) is 21.2 Å². The number of nitrogens with one attached hydrogen (secondary N) is 1. The van der Waals surface area contributed by atoms with Crippen molar-refractivity contribution in [1.29, 1.82) is 0 Å². The maximum atomic E-state index is 12.9. The summed E-state index contributed by atoms with van der Waals surface area (Å²) in [5.41, 5.74) is 1.77. The molecule has 1 aliphatic heterocycles. The first-order valence-electron chi connectivity index (χ1n) is 7.36. The molecule has 0 aliphatic carbocycles. The quantitative estimate of drug-likeness (QED) is 0.834. The molecule has 0 bridgehead atoms. The van der Waals surface area contributed by atoms with Crippen molar-refractivity contribution < 1.29 is 9.59 Å². The molecule has 1 atom stereocenters. The van der Waals surface area contributed by atoms with Gasteiger partial charge in [0, 0.05) is 4.47 Å². The van der Waals surface area contributed by atoms with Gasteiger partial charge in [-0.05, 0) is 31.0 Å². The van der Waals surface area contributed by atoms with E-state index in [0.29, 0.717) is 0 Å². The van der Waals surface area contributed by atoms with Crippen LogP contribution in [0.15, 0.2) is 53.0 Å². The first-order chi connectivity index (χ1) is 10.9. The summed E-state index contributed by atoms with van der Waals surface area (Å²) in [6.45, 7) is 3.98. The molecule has 1 fully saturated rings. The Kier molecular flexibility index (Phi) is 3.98. The van der Waals surface area contributed by atoms with E-state index < -0.39 is 5.54 Å². The molecule has 2 aromatic rings. The molecule has 4 nitrogen and oxygen atoms in total. The molecular weight excluding hydrogens is 356 g/mol. The lowest BCUT2D eigenvalue weighted by atomic mass is 9.91. The summed E-state index contributed by atoms with van der Waals surface area (Å²) >= 11 is 3.46. The van der Waals surface area contributed by atoms with Crippen LogP contribution in [0, 0.1) is 6.92 Å². The van der Waals surface area contributed by atoms with E-state index in [-0.39, 0.29) is 18.5 Å². The highest BCUT2D eigenvalue weighted by Gasteiger charge is 2.48. The monoisotopic (exact) mass is 372 g/mol. The Bertz CT molecular complexity index is 773. The van der Waals surface area contributed by atoms with E-state index in [1.165, 1.54) is 4.90 Å². The lowest BCUT2D eigenvalue weighted by molar-refractivity contribution is -0.131. The molecule has 3 amide bonds. The summed E-state index contributed by atoms with van der Waals surface area (Å²) in [6.07, 6.45) is 0. The zero-order valence-corrected chi connectivity index (χ0v) is 14.6. The fourth-order valence-corrected chi connectivity index (χ4v) is 3.13. The predicted molar refractivity (Wildman–Crippen MR) is 91.8 cm³/mol. The van der Waals surface area contributed by atoms with Gasteiger partial charge in [-0.1, -0.05) is 64.0 Å². The third-order valence-corrected chi connectivity index (χ3v) is 4.96. The fraction of sp³-hybridized carbons (Fsp3) is 0.222. The van der Waals surface area contributed by atoms with Crippen LogP contribution in [0.4, 0.5) is 4.79 Å². The van der Waals surface area contributed by atoms with E-state index in [9.17, 15) is 9.59 Å². The molecule has 1 heterocycles. The molecule has 0 radical (unpaired) electrons. The highest BCUT2D eigenvalue weighted by molar-refractivity contribution is 9.10. The Balaban J connectivity index is 1.90. The zero-order chi connectivity index (χ0) is 16.6. The third kappa shape index (κ3) is 2.77. The van der Waals surface area contributed by atoms with Crippen molar-refractivity contribution in [3.63, 3.8) is 0 Å². The van der Waals surface area contributed by atoms with Crippen LogP contribution in [0.5, 0.6) is 0 Å². The van der Waals surface area contributed by atoms with Crippen molar-refractivity contribution in [1.82, 2.24) is 10.2 Å². The number of amides is 3. The van der Waals surface area contributed by atoms with Gasteiger partial charge in [0.2, 0.25) is 0 Å². The van der Waals surface area contributed by atoms with Gasteiger partial charge in [-0.15, -0.1) is 0 Å². The maximum absolute atomic E-state index is 12.9. The van der Waals surface area contributed by atoms with Crippen molar-refractivity contribution in [3.8, 4) is 0 Å². The van der Waals surface area contributed by atoms with Crippen LogP contribution in [0.2, 0.25) is 0 Å². The summed E-state index contributed by atoms with van der Waals surface area (Å²) in [6, 6.07) is 14.9. The standard InChI is InChI=1S/C18H17BrN2O2/c1-12-7-9-14(10-8-12)18(2)16(22)21(17(23)20-18)11-13-5-3-4-6-15(13)19/h3-10H,11H2,1-2H3,(H,20,23)/t18-/m0/s1. The summed E-state index contributed by atoms with van der Waals surface area (Å²) in [5.74, 6) is -0.234. The van der Waals surface area contributed by atoms with Crippen molar-refractivity contribution in [2.24, 2.45) is 0 Å². The first-order valence-corrected chi connectivity index (χ1v) is 8.16. The summed E-state index contributed by atoms with van der Waals surface area (Å²) < 4.78 is 0.879. The topological polar surface area (TPSA) is 49.4 Å². The SMILES string of the molecule is Cc1ccc([C@]2(C)NC(=O)N(Cc3ccccc3Br)C2=O)cc1. The number of rotatable bonds is 3. The van der Waals surface area contributed by atoms with Gasteiger partial charge in [0.15, 0.2) is 0 Å². The minimum absolute atomic E-state index is 0.234. The van der Waals surface area contributed by atoms with Crippen molar-refractivity contribution in [2.45, 2.75) is 25.9 Å². The Morgan fingerprint density at radius 2 is 1.74 bits per heavy atom. The second-order valence-electron chi connectivity index (χ2n) is 5.90. The Morgan fingerprint density at radius 1 is 1.09 bits per heavy atom. The smallest absolute Gasteiger partial charge is 0.319 e. The van der Waals surface area contributed by atoms with Crippen LogP contribution in [0.25, 0.3) is 0 Å². The minimum Gasteiger partial charge on any atom is -0.319 e. The van der Waals surface area contributed by atoms with Gasteiger partial charge >= 0.3 is 6.03 Å². The number of benzene rings is 2. The van der Waals surface area contributed by atoms with Crippen molar-refractivity contribution in [3.05, 3.63) is 69.7 Å². The Labute approximate surface area is 143 Å². The normalized spacial score (nSPS) is 20.7. The molecule has 0 spiro atoms. The second-order valence-corrected chi connectivity index (χ2v) is 6.76. The van der Waals surface area contributed by atoms with Crippen molar-refractivity contribution >= 4 is 27.9 Å². The molecule has 0 unspecified atom stereocenters. The van der Waals surface area contributed by atoms with Crippen LogP contribution in [-0.2, 0) is 16.9 Å². The third-order valence-electron chi connectivity index (χ3n) is 4.19. The van der Waals surface area contributed by atoms with E-state index in [4.69, 9.17) is 0 Å². The molecule has 0 saturated carbocycles. The summed E-state index contributed by atoms with van der Waals surface area (Å²) in [4.78, 5) is 26.5. The molecule has 1 N–H and O–H groups in total. The molecule has 3 rings (SSSR count). The number of carbonyl (C=O) groups is 2. The molecule has 1 aliphatic rings. The van der Waals surface area contributed by atoms with Gasteiger partial charge in [0.25, 0.3) is 5.91 Å². The van der Waals surface area contributed by atoms with Crippen molar-refractivity contribution in [2.75, 3.05) is 0 Å². The van der Waals surface area contributed by atoms with Crippen LogP contribution in [0.3, 0.4) is 0 Å². The number of nitrogens with zero attached hydrogens (tertiary/aromatic N) is 1. The highest BCUT2D eigenvalue weighted by atomic mass is 79.9. The highest BCUT2D eigenvalue weighted by Crippen LogP contribution is 2.30. The maximum Gasteiger partial charge on any atom is 0.325 e. The molecule has 23 heavy (non-hydrogen) atoms. The lowest BCUT2D eigenvalue weighted by Crippen LogP contribution is -2.40. The number of aryl methyl sites for hydroxylation is 1. The number of hydrogen-bond acceptors (Lipinski definition) is 2.